The van der Waals surface area contributed by atoms with Crippen LogP contribution in [0.2, 0.25) is 0 Å². The molecule has 1 amide bonds. The van der Waals surface area contributed by atoms with Crippen molar-refractivity contribution in [2.75, 3.05) is 31.6 Å². The maximum absolute atomic E-state index is 12.5. The van der Waals surface area contributed by atoms with E-state index in [-0.39, 0.29) is 24.3 Å². The minimum absolute atomic E-state index is 0.159. The van der Waals surface area contributed by atoms with Gasteiger partial charge in [-0.05, 0) is 29.8 Å². The van der Waals surface area contributed by atoms with Crippen LogP contribution in [0.15, 0.2) is 47.3 Å². The highest BCUT2D eigenvalue weighted by Crippen LogP contribution is 2.27. The molecule has 0 unspecified atom stereocenters. The Kier molecular flexibility index (Phi) is 5.93. The number of H-pyrrole nitrogens is 1. The van der Waals surface area contributed by atoms with Crippen LogP contribution in [0.1, 0.15) is 17.7 Å². The second kappa shape index (κ2) is 9.15. The number of morpholine rings is 1. The maximum Gasteiger partial charge on any atom is 0.270 e. The van der Waals surface area contributed by atoms with E-state index in [1.807, 2.05) is 24.3 Å². The van der Waals surface area contributed by atoms with Gasteiger partial charge in [0.25, 0.3) is 5.56 Å². The fraction of sp³-hybridized carbons (Fsp3) is 0.304. The number of hydrogen-bond donors (Lipinski definition) is 2. The second-order valence-corrected chi connectivity index (χ2v) is 8.82. The number of fused-ring (bicyclic) bond motifs is 2. The Morgan fingerprint density at radius 3 is 2.84 bits per heavy atom. The van der Waals surface area contributed by atoms with E-state index in [2.05, 4.69) is 37.3 Å². The van der Waals surface area contributed by atoms with Crippen molar-refractivity contribution in [3.05, 3.63) is 64.1 Å². The van der Waals surface area contributed by atoms with E-state index in [0.717, 1.165) is 43.1 Å². The highest BCUT2D eigenvalue weighted by Gasteiger charge is 2.13. The first-order valence-electron chi connectivity index (χ1n) is 10.6. The fourth-order valence-corrected chi connectivity index (χ4v) is 4.73. The predicted octanol–water partition coefficient (Wildman–Crippen LogP) is 2.94. The third kappa shape index (κ3) is 4.69. The maximum atomic E-state index is 12.5. The molecule has 3 heterocycles. The summed E-state index contributed by atoms with van der Waals surface area (Å²) in [6.07, 6.45) is 0.424. The number of thiazole rings is 1. The number of carbonyl (C=O) groups is 1. The largest absolute Gasteiger partial charge is 0.379 e. The van der Waals surface area contributed by atoms with Gasteiger partial charge < -0.3 is 15.0 Å². The van der Waals surface area contributed by atoms with Crippen molar-refractivity contribution < 1.29 is 9.53 Å². The average Bonchev–Trinajstić information content (AvgIpc) is 3.19. The zero-order valence-corrected chi connectivity index (χ0v) is 18.3. The number of rotatable bonds is 6. The number of nitrogens with one attached hydrogen (secondary N) is 2. The molecule has 2 N–H and O–H groups in total. The van der Waals surface area contributed by atoms with Gasteiger partial charge in [-0.2, -0.15) is 0 Å². The lowest BCUT2D eigenvalue weighted by atomic mass is 10.2. The summed E-state index contributed by atoms with van der Waals surface area (Å²) in [6, 6.07) is 13.6. The van der Waals surface area contributed by atoms with E-state index >= 15 is 0 Å². The molecule has 4 aromatic rings. The van der Waals surface area contributed by atoms with E-state index in [1.54, 1.807) is 6.07 Å². The van der Waals surface area contributed by atoms with Crippen LogP contribution in [0.3, 0.4) is 0 Å². The number of nitrogens with zero attached hydrogens (tertiary/aromatic N) is 3. The lowest BCUT2D eigenvalue weighted by Crippen LogP contribution is -2.35. The van der Waals surface area contributed by atoms with E-state index in [0.29, 0.717) is 21.9 Å². The lowest BCUT2D eigenvalue weighted by Gasteiger charge is -2.26. The van der Waals surface area contributed by atoms with Crippen LogP contribution in [0.4, 0.5) is 5.13 Å². The molecular formula is C23H23N5O3S. The molecule has 1 saturated heterocycles. The number of hydrogen-bond acceptors (Lipinski definition) is 7. The van der Waals surface area contributed by atoms with Gasteiger partial charge in [-0.15, -0.1) is 0 Å². The highest BCUT2D eigenvalue weighted by molar-refractivity contribution is 7.22. The first kappa shape index (κ1) is 20.7. The lowest BCUT2D eigenvalue weighted by molar-refractivity contribution is -0.116. The number of aromatic nitrogens is 3. The number of aryl methyl sites for hydroxylation is 1. The summed E-state index contributed by atoms with van der Waals surface area (Å²) < 4.78 is 6.45. The minimum atomic E-state index is -0.260. The molecule has 1 aliphatic rings. The van der Waals surface area contributed by atoms with Gasteiger partial charge in [-0.3, -0.25) is 14.5 Å². The molecular weight excluding hydrogens is 426 g/mol. The summed E-state index contributed by atoms with van der Waals surface area (Å²) in [5, 5.41) is 3.42. The van der Waals surface area contributed by atoms with Gasteiger partial charge in [0.2, 0.25) is 5.91 Å². The van der Waals surface area contributed by atoms with Gasteiger partial charge >= 0.3 is 0 Å². The number of carbonyl (C=O) groups excluding carboxylic acids is 1. The number of ether oxygens (including phenoxy) is 1. The van der Waals surface area contributed by atoms with Gasteiger partial charge in [0.1, 0.15) is 5.69 Å². The zero-order chi connectivity index (χ0) is 21.9. The Balaban J connectivity index is 1.22. The van der Waals surface area contributed by atoms with Crippen LogP contribution in [0.25, 0.3) is 21.3 Å². The Bertz CT molecular complexity index is 1330. The Labute approximate surface area is 188 Å². The molecule has 2 aromatic carbocycles. The van der Waals surface area contributed by atoms with E-state index in [9.17, 15) is 9.59 Å². The topological polar surface area (TPSA) is 100 Å². The Morgan fingerprint density at radius 1 is 1.12 bits per heavy atom. The third-order valence-corrected chi connectivity index (χ3v) is 6.40. The SMILES string of the molecule is O=C(CCc1nc2ccccc2[nH]c1=O)Nc1nc2ccc(CN3CCOCC3)cc2s1. The summed E-state index contributed by atoms with van der Waals surface area (Å²) in [6.45, 7) is 4.32. The summed E-state index contributed by atoms with van der Waals surface area (Å²) in [4.78, 5) is 38.8. The van der Waals surface area contributed by atoms with Crippen LogP contribution < -0.4 is 10.9 Å². The number of anilines is 1. The minimum Gasteiger partial charge on any atom is -0.379 e. The van der Waals surface area contributed by atoms with E-state index in [4.69, 9.17) is 4.74 Å². The van der Waals surface area contributed by atoms with Crippen molar-refractivity contribution >= 4 is 43.6 Å². The van der Waals surface area contributed by atoms with Gasteiger partial charge in [-0.1, -0.05) is 29.5 Å². The summed E-state index contributed by atoms with van der Waals surface area (Å²) in [7, 11) is 0. The monoisotopic (exact) mass is 449 g/mol. The van der Waals surface area contributed by atoms with Crippen molar-refractivity contribution in [1.29, 1.82) is 0 Å². The van der Waals surface area contributed by atoms with Gasteiger partial charge in [-0.25, -0.2) is 9.97 Å². The van der Waals surface area contributed by atoms with Crippen LogP contribution in [0, 0.1) is 0 Å². The Hall–Kier alpha value is -3.14. The molecule has 0 radical (unpaired) electrons. The molecule has 1 fully saturated rings. The average molecular weight is 450 g/mol. The van der Waals surface area contributed by atoms with Crippen LogP contribution >= 0.6 is 11.3 Å². The fourth-order valence-electron chi connectivity index (χ4n) is 3.79. The molecule has 2 aromatic heterocycles. The van der Waals surface area contributed by atoms with Crippen LogP contribution in [-0.2, 0) is 22.5 Å². The quantitative estimate of drug-likeness (QED) is 0.470. The van der Waals surface area contributed by atoms with Gasteiger partial charge in [0.05, 0.1) is 34.5 Å². The summed E-state index contributed by atoms with van der Waals surface area (Å²) >= 11 is 1.46. The molecule has 0 spiro atoms. The van der Waals surface area contributed by atoms with Crippen molar-refractivity contribution in [1.82, 2.24) is 19.9 Å². The van der Waals surface area contributed by atoms with Crippen LogP contribution in [0.5, 0.6) is 0 Å². The summed E-state index contributed by atoms with van der Waals surface area (Å²) in [5.41, 5.74) is 3.58. The first-order chi connectivity index (χ1) is 15.6. The number of benzene rings is 2. The number of aromatic amines is 1. The van der Waals surface area contributed by atoms with Crippen molar-refractivity contribution in [3.8, 4) is 0 Å². The van der Waals surface area contributed by atoms with Crippen LogP contribution in [-0.4, -0.2) is 52.1 Å². The van der Waals surface area contributed by atoms with Gasteiger partial charge in [0.15, 0.2) is 5.13 Å². The van der Waals surface area contributed by atoms with Crippen molar-refractivity contribution in [3.63, 3.8) is 0 Å². The molecule has 8 nitrogen and oxygen atoms in total. The van der Waals surface area contributed by atoms with Gasteiger partial charge in [0, 0.05) is 32.5 Å². The zero-order valence-electron chi connectivity index (χ0n) is 17.5. The molecule has 0 saturated carbocycles. The number of amides is 1. The Morgan fingerprint density at radius 2 is 1.97 bits per heavy atom. The van der Waals surface area contributed by atoms with E-state index in [1.165, 1.54) is 16.9 Å². The second-order valence-electron chi connectivity index (χ2n) is 7.79. The van der Waals surface area contributed by atoms with E-state index < -0.39 is 0 Å². The molecule has 32 heavy (non-hydrogen) atoms. The molecule has 0 atom stereocenters. The summed E-state index contributed by atoms with van der Waals surface area (Å²) in [5.74, 6) is -0.188. The number of para-hydroxylation sites is 2. The highest BCUT2D eigenvalue weighted by atomic mass is 32.1. The molecule has 164 valence electrons. The molecule has 5 rings (SSSR count). The smallest absolute Gasteiger partial charge is 0.270 e. The third-order valence-electron chi connectivity index (χ3n) is 5.47. The predicted molar refractivity (Wildman–Crippen MR) is 125 cm³/mol. The normalized spacial score (nSPS) is 14.8. The standard InChI is InChI=1S/C23H23N5O3S/c29-21(8-7-19-22(30)25-17-4-2-1-3-16(17)24-19)27-23-26-18-6-5-15(13-20(18)32-23)14-28-9-11-31-12-10-28/h1-6,13H,7-12,14H2,(H,25,30)(H,26,27,29). The van der Waals surface area contributed by atoms with Crippen molar-refractivity contribution in [2.24, 2.45) is 0 Å². The van der Waals surface area contributed by atoms with Crippen molar-refractivity contribution in [2.45, 2.75) is 19.4 Å². The molecule has 1 aliphatic heterocycles. The molecule has 0 bridgehead atoms. The molecule has 9 heteroatoms. The first-order valence-corrected chi connectivity index (χ1v) is 11.4. The molecule has 0 aliphatic carbocycles.